The Morgan fingerprint density at radius 3 is 1.81 bits per heavy atom. The summed E-state index contributed by atoms with van der Waals surface area (Å²) >= 11 is 0. The van der Waals surface area contributed by atoms with Gasteiger partial charge in [-0.1, -0.05) is 29.8 Å². The molecule has 2 amide bonds. The van der Waals surface area contributed by atoms with Gasteiger partial charge in [0.05, 0.1) is 7.11 Å². The summed E-state index contributed by atoms with van der Waals surface area (Å²) in [7, 11) is 1.60. The zero-order chi connectivity index (χ0) is 19.1. The van der Waals surface area contributed by atoms with Crippen LogP contribution in [-0.4, -0.2) is 13.1 Å². The van der Waals surface area contributed by atoms with Crippen molar-refractivity contribution in [2.75, 3.05) is 17.7 Å². The minimum atomic E-state index is -0.312. The molecule has 0 aliphatic carbocycles. The second-order valence-electron chi connectivity index (χ2n) is 6.11. The van der Waals surface area contributed by atoms with Crippen molar-refractivity contribution in [3.05, 3.63) is 83.9 Å². The molecule has 5 nitrogen and oxygen atoms in total. The van der Waals surface area contributed by atoms with Gasteiger partial charge in [-0.3, -0.25) is 0 Å². The van der Waals surface area contributed by atoms with Gasteiger partial charge in [-0.15, -0.1) is 0 Å². The number of methoxy groups -OCH3 is 1. The highest BCUT2D eigenvalue weighted by molar-refractivity contribution is 5.99. The fourth-order valence-corrected chi connectivity index (χ4v) is 2.45. The number of rotatable bonds is 6. The van der Waals surface area contributed by atoms with Crippen LogP contribution in [0.4, 0.5) is 16.2 Å². The number of carbonyl (C=O) groups is 1. The molecule has 0 aromatic heterocycles. The Morgan fingerprint density at radius 2 is 1.30 bits per heavy atom. The molecule has 0 saturated heterocycles. The van der Waals surface area contributed by atoms with Crippen molar-refractivity contribution in [3.8, 4) is 11.5 Å². The summed E-state index contributed by atoms with van der Waals surface area (Å²) in [6.07, 6.45) is 0. The van der Waals surface area contributed by atoms with Crippen LogP contribution in [0.25, 0.3) is 0 Å². The minimum Gasteiger partial charge on any atom is -0.497 e. The Labute approximate surface area is 158 Å². The number of nitrogens with one attached hydrogen (secondary N) is 2. The van der Waals surface area contributed by atoms with Gasteiger partial charge in [0.1, 0.15) is 18.1 Å². The van der Waals surface area contributed by atoms with Crippen molar-refractivity contribution in [2.45, 2.75) is 13.5 Å². The van der Waals surface area contributed by atoms with Crippen molar-refractivity contribution < 1.29 is 14.3 Å². The van der Waals surface area contributed by atoms with Gasteiger partial charge >= 0.3 is 6.03 Å². The number of amides is 2. The molecule has 5 heteroatoms. The molecule has 27 heavy (non-hydrogen) atoms. The summed E-state index contributed by atoms with van der Waals surface area (Å²) in [6.45, 7) is 2.56. The lowest BCUT2D eigenvalue weighted by molar-refractivity contribution is 0.262. The van der Waals surface area contributed by atoms with Gasteiger partial charge in [-0.2, -0.15) is 0 Å². The molecule has 3 aromatic carbocycles. The summed E-state index contributed by atoms with van der Waals surface area (Å²) in [4.78, 5) is 12.1. The van der Waals surface area contributed by atoms with E-state index in [1.807, 2.05) is 12.1 Å². The van der Waals surface area contributed by atoms with E-state index in [-0.39, 0.29) is 6.03 Å². The largest absolute Gasteiger partial charge is 0.497 e. The molecule has 0 fully saturated rings. The van der Waals surface area contributed by atoms with E-state index in [0.717, 1.165) is 17.1 Å². The summed E-state index contributed by atoms with van der Waals surface area (Å²) < 4.78 is 10.9. The van der Waals surface area contributed by atoms with Crippen molar-refractivity contribution >= 4 is 17.4 Å². The molecule has 2 N–H and O–H groups in total. The molecule has 0 bridgehead atoms. The third-order valence-corrected chi connectivity index (χ3v) is 3.99. The van der Waals surface area contributed by atoms with E-state index >= 15 is 0 Å². The smallest absolute Gasteiger partial charge is 0.323 e. The zero-order valence-corrected chi connectivity index (χ0v) is 15.4. The highest BCUT2D eigenvalue weighted by atomic mass is 16.5. The predicted molar refractivity (Wildman–Crippen MR) is 108 cm³/mol. The van der Waals surface area contributed by atoms with Crippen LogP contribution in [0, 0.1) is 6.92 Å². The third-order valence-electron chi connectivity index (χ3n) is 3.99. The lowest BCUT2D eigenvalue weighted by atomic mass is 10.2. The summed E-state index contributed by atoms with van der Waals surface area (Å²) in [6, 6.07) is 22.3. The lowest BCUT2D eigenvalue weighted by Gasteiger charge is -2.10. The number of hydrogen-bond donors (Lipinski definition) is 2. The lowest BCUT2D eigenvalue weighted by Crippen LogP contribution is -2.19. The molecule has 3 aromatic rings. The van der Waals surface area contributed by atoms with Crippen LogP contribution >= 0.6 is 0 Å². The van der Waals surface area contributed by atoms with Crippen LogP contribution < -0.4 is 20.1 Å². The van der Waals surface area contributed by atoms with Gasteiger partial charge < -0.3 is 20.1 Å². The number of carbonyl (C=O) groups excluding carboxylic acids is 1. The molecule has 0 aliphatic rings. The zero-order valence-electron chi connectivity index (χ0n) is 15.4. The molecule has 0 atom stereocenters. The van der Waals surface area contributed by atoms with Crippen LogP contribution in [-0.2, 0) is 6.61 Å². The average Bonchev–Trinajstić information content (AvgIpc) is 2.69. The van der Waals surface area contributed by atoms with Crippen LogP contribution in [0.1, 0.15) is 11.1 Å². The number of ether oxygens (including phenoxy) is 2. The van der Waals surface area contributed by atoms with Gasteiger partial charge in [-0.05, 0) is 61.0 Å². The molecular weight excluding hydrogens is 340 g/mol. The molecular formula is C22H22N2O3. The van der Waals surface area contributed by atoms with Crippen molar-refractivity contribution in [2.24, 2.45) is 0 Å². The van der Waals surface area contributed by atoms with E-state index in [9.17, 15) is 4.79 Å². The topological polar surface area (TPSA) is 59.6 Å². The minimum absolute atomic E-state index is 0.312. The molecule has 0 saturated carbocycles. The SMILES string of the molecule is COc1ccc(NC(=O)Nc2ccc(OCc3ccc(C)cc3)cc2)cc1. The fraction of sp³-hybridized carbons (Fsp3) is 0.136. The molecule has 0 spiro atoms. The van der Waals surface area contributed by atoms with Gasteiger partial charge in [0.25, 0.3) is 0 Å². The van der Waals surface area contributed by atoms with Gasteiger partial charge in [0, 0.05) is 11.4 Å². The Bertz CT molecular complexity index is 873. The van der Waals surface area contributed by atoms with Gasteiger partial charge in [0.15, 0.2) is 0 Å². The normalized spacial score (nSPS) is 10.1. The van der Waals surface area contributed by atoms with Gasteiger partial charge in [-0.25, -0.2) is 4.79 Å². The molecule has 0 radical (unpaired) electrons. The quantitative estimate of drug-likeness (QED) is 0.631. The highest BCUT2D eigenvalue weighted by Gasteiger charge is 2.04. The maximum Gasteiger partial charge on any atom is 0.323 e. The fourth-order valence-electron chi connectivity index (χ4n) is 2.45. The molecule has 138 valence electrons. The Hall–Kier alpha value is -3.47. The Kier molecular flexibility index (Phi) is 5.94. The molecule has 0 aliphatic heterocycles. The number of urea groups is 1. The number of benzene rings is 3. The predicted octanol–water partition coefficient (Wildman–Crippen LogP) is 5.23. The highest BCUT2D eigenvalue weighted by Crippen LogP contribution is 2.18. The van der Waals surface area contributed by atoms with E-state index in [0.29, 0.717) is 18.0 Å². The average molecular weight is 362 g/mol. The Balaban J connectivity index is 1.50. The van der Waals surface area contributed by atoms with Crippen LogP contribution in [0.5, 0.6) is 11.5 Å². The molecule has 0 unspecified atom stereocenters. The Morgan fingerprint density at radius 1 is 0.778 bits per heavy atom. The third kappa shape index (κ3) is 5.51. The van der Waals surface area contributed by atoms with E-state index in [1.54, 1.807) is 43.5 Å². The first-order valence-electron chi connectivity index (χ1n) is 8.63. The second kappa shape index (κ2) is 8.76. The van der Waals surface area contributed by atoms with E-state index in [4.69, 9.17) is 9.47 Å². The first kappa shape index (κ1) is 18.3. The van der Waals surface area contributed by atoms with Crippen molar-refractivity contribution in [1.29, 1.82) is 0 Å². The standard InChI is InChI=1S/C22H22N2O3/c1-16-3-5-17(6-4-16)15-27-21-13-9-19(10-14-21)24-22(25)23-18-7-11-20(26-2)12-8-18/h3-14H,15H2,1-2H3,(H2,23,24,25). The van der Waals surface area contributed by atoms with Crippen molar-refractivity contribution in [1.82, 2.24) is 0 Å². The van der Waals surface area contributed by atoms with E-state index in [1.165, 1.54) is 5.56 Å². The summed E-state index contributed by atoms with van der Waals surface area (Å²) in [5.74, 6) is 1.49. The van der Waals surface area contributed by atoms with Crippen molar-refractivity contribution in [3.63, 3.8) is 0 Å². The van der Waals surface area contributed by atoms with Crippen LogP contribution in [0.3, 0.4) is 0 Å². The number of aryl methyl sites for hydroxylation is 1. The maximum absolute atomic E-state index is 12.1. The first-order chi connectivity index (χ1) is 13.1. The maximum atomic E-state index is 12.1. The first-order valence-corrected chi connectivity index (χ1v) is 8.63. The monoisotopic (exact) mass is 362 g/mol. The van der Waals surface area contributed by atoms with E-state index in [2.05, 4.69) is 41.8 Å². The van der Waals surface area contributed by atoms with Crippen LogP contribution in [0.15, 0.2) is 72.8 Å². The number of hydrogen-bond acceptors (Lipinski definition) is 3. The molecule has 3 rings (SSSR count). The summed E-state index contributed by atoms with van der Waals surface area (Å²) in [5.41, 5.74) is 3.71. The second-order valence-corrected chi connectivity index (χ2v) is 6.11. The number of anilines is 2. The summed E-state index contributed by atoms with van der Waals surface area (Å²) in [5, 5.41) is 5.56. The van der Waals surface area contributed by atoms with E-state index < -0.39 is 0 Å². The van der Waals surface area contributed by atoms with Gasteiger partial charge in [0.2, 0.25) is 0 Å². The van der Waals surface area contributed by atoms with Crippen LogP contribution in [0.2, 0.25) is 0 Å². The molecule has 0 heterocycles.